The van der Waals surface area contributed by atoms with Crippen LogP contribution in [0.3, 0.4) is 0 Å². The van der Waals surface area contributed by atoms with Crippen molar-refractivity contribution in [2.24, 2.45) is 0 Å². The van der Waals surface area contributed by atoms with Crippen molar-refractivity contribution in [3.63, 3.8) is 0 Å². The van der Waals surface area contributed by atoms with E-state index in [0.717, 1.165) is 11.9 Å². The molecule has 0 saturated carbocycles. The van der Waals surface area contributed by atoms with Gasteiger partial charge in [0.25, 0.3) is 0 Å². The summed E-state index contributed by atoms with van der Waals surface area (Å²) in [5.41, 5.74) is 2.45. The summed E-state index contributed by atoms with van der Waals surface area (Å²) in [6.45, 7) is 3.19. The van der Waals surface area contributed by atoms with Gasteiger partial charge in [-0.15, -0.1) is 0 Å². The molecule has 1 N–H and O–H groups in total. The van der Waals surface area contributed by atoms with Crippen molar-refractivity contribution in [3.05, 3.63) is 36.0 Å². The quantitative estimate of drug-likeness (QED) is 0.896. The van der Waals surface area contributed by atoms with E-state index in [1.165, 1.54) is 17.2 Å². The number of nitrogens with zero attached hydrogens (tertiary/aromatic N) is 1. The monoisotopic (exact) mass is 266 g/mol. The van der Waals surface area contributed by atoms with E-state index in [0.29, 0.717) is 13.1 Å². The number of para-hydroxylation sites is 1. The summed E-state index contributed by atoms with van der Waals surface area (Å²) in [6, 6.07) is 8.20. The number of sulfonamides is 1. The number of benzene rings is 1. The highest BCUT2D eigenvalue weighted by atomic mass is 32.2. The number of aromatic nitrogens is 1. The molecule has 0 fully saturated rings. The molecule has 1 aromatic heterocycles. The molecule has 0 radical (unpaired) electrons. The first-order valence-electron chi connectivity index (χ1n) is 6.02. The molecule has 0 atom stereocenters. The van der Waals surface area contributed by atoms with Gasteiger partial charge in [0.1, 0.15) is 0 Å². The lowest BCUT2D eigenvalue weighted by atomic mass is 10.1. The predicted octanol–water partition coefficient (Wildman–Crippen LogP) is 1.75. The van der Waals surface area contributed by atoms with E-state index < -0.39 is 10.0 Å². The third-order valence-corrected chi connectivity index (χ3v) is 3.70. The van der Waals surface area contributed by atoms with Crippen LogP contribution in [0.15, 0.2) is 30.5 Å². The van der Waals surface area contributed by atoms with Gasteiger partial charge in [-0.25, -0.2) is 13.1 Å². The summed E-state index contributed by atoms with van der Waals surface area (Å²) < 4.78 is 26.7. The Morgan fingerprint density at radius 2 is 2.00 bits per heavy atom. The Kier molecular flexibility index (Phi) is 3.73. The molecule has 5 heteroatoms. The first kappa shape index (κ1) is 13.1. The van der Waals surface area contributed by atoms with Crippen LogP contribution in [0.25, 0.3) is 10.9 Å². The van der Waals surface area contributed by atoms with E-state index in [2.05, 4.69) is 34.5 Å². The minimum atomic E-state index is -3.11. The second kappa shape index (κ2) is 5.12. The lowest BCUT2D eigenvalue weighted by Gasteiger charge is -2.05. The van der Waals surface area contributed by atoms with Gasteiger partial charge in [0.2, 0.25) is 10.0 Å². The van der Waals surface area contributed by atoms with Crippen LogP contribution in [0.1, 0.15) is 12.5 Å². The fourth-order valence-corrected chi connectivity index (χ4v) is 2.60. The van der Waals surface area contributed by atoms with Crippen LogP contribution in [0.2, 0.25) is 0 Å². The van der Waals surface area contributed by atoms with Crippen LogP contribution >= 0.6 is 0 Å². The molecule has 18 heavy (non-hydrogen) atoms. The van der Waals surface area contributed by atoms with Crippen molar-refractivity contribution in [1.82, 2.24) is 9.29 Å². The Labute approximate surface area is 108 Å². The van der Waals surface area contributed by atoms with E-state index in [-0.39, 0.29) is 0 Å². The molecule has 0 bridgehead atoms. The summed E-state index contributed by atoms with van der Waals surface area (Å²) >= 11 is 0. The highest BCUT2D eigenvalue weighted by Gasteiger charge is 2.07. The molecule has 0 spiro atoms. The second-order valence-electron chi connectivity index (χ2n) is 4.38. The van der Waals surface area contributed by atoms with Gasteiger partial charge >= 0.3 is 0 Å². The summed E-state index contributed by atoms with van der Waals surface area (Å²) in [7, 11) is -3.11. The zero-order chi connectivity index (χ0) is 13.2. The fourth-order valence-electron chi connectivity index (χ4n) is 2.14. The Bertz CT molecular complexity index is 644. The molecule has 2 aromatic rings. The molecule has 4 nitrogen and oxygen atoms in total. The van der Waals surface area contributed by atoms with Gasteiger partial charge in [-0.3, -0.25) is 0 Å². The van der Waals surface area contributed by atoms with Gasteiger partial charge in [-0.1, -0.05) is 25.1 Å². The van der Waals surface area contributed by atoms with Gasteiger partial charge in [0.05, 0.1) is 6.26 Å². The van der Waals surface area contributed by atoms with Crippen LogP contribution in [0.4, 0.5) is 0 Å². The number of nitrogens with one attached hydrogen (secondary N) is 1. The van der Waals surface area contributed by atoms with Gasteiger partial charge in [-0.2, -0.15) is 0 Å². The smallest absolute Gasteiger partial charge is 0.208 e. The molecule has 98 valence electrons. The molecule has 0 aliphatic carbocycles. The van der Waals surface area contributed by atoms with Gasteiger partial charge in [0.15, 0.2) is 0 Å². The Morgan fingerprint density at radius 1 is 1.28 bits per heavy atom. The van der Waals surface area contributed by atoms with E-state index in [9.17, 15) is 8.42 Å². The maximum absolute atomic E-state index is 11.0. The fraction of sp³-hybridized carbons (Fsp3) is 0.385. The molecular formula is C13H18N2O2S. The molecular weight excluding hydrogens is 248 g/mol. The largest absolute Gasteiger partial charge is 0.346 e. The molecule has 1 aromatic carbocycles. The van der Waals surface area contributed by atoms with Crippen LogP contribution in [0, 0.1) is 0 Å². The third-order valence-electron chi connectivity index (χ3n) is 2.97. The molecule has 2 rings (SSSR count). The molecule has 0 aliphatic rings. The van der Waals surface area contributed by atoms with E-state index in [1.807, 2.05) is 12.1 Å². The number of aryl methyl sites for hydroxylation is 1. The average Bonchev–Trinajstić information content (AvgIpc) is 2.66. The lowest BCUT2D eigenvalue weighted by Crippen LogP contribution is -2.25. The van der Waals surface area contributed by atoms with Crippen molar-refractivity contribution < 1.29 is 8.42 Å². The number of fused-ring (bicyclic) bond motifs is 1. The molecule has 1 heterocycles. The summed E-state index contributed by atoms with van der Waals surface area (Å²) in [6.07, 6.45) is 4.26. The summed E-state index contributed by atoms with van der Waals surface area (Å²) in [4.78, 5) is 0. The van der Waals surface area contributed by atoms with Gasteiger partial charge in [-0.05, 0) is 18.1 Å². The molecule has 0 amide bonds. The molecule has 0 unspecified atom stereocenters. The first-order chi connectivity index (χ1) is 8.51. The lowest BCUT2D eigenvalue weighted by molar-refractivity contribution is 0.580. The maximum Gasteiger partial charge on any atom is 0.208 e. The van der Waals surface area contributed by atoms with Crippen molar-refractivity contribution in [3.8, 4) is 0 Å². The van der Waals surface area contributed by atoms with Crippen molar-refractivity contribution >= 4 is 20.9 Å². The van der Waals surface area contributed by atoms with Crippen LogP contribution in [0.5, 0.6) is 0 Å². The summed E-state index contributed by atoms with van der Waals surface area (Å²) in [5.74, 6) is 0. The first-order valence-corrected chi connectivity index (χ1v) is 7.92. The highest BCUT2D eigenvalue weighted by molar-refractivity contribution is 7.88. The number of hydrogen-bond donors (Lipinski definition) is 1. The molecule has 0 aliphatic heterocycles. The minimum Gasteiger partial charge on any atom is -0.346 e. The standard InChI is InChI=1S/C13H18N2O2S/c1-3-11-10-15(9-8-14-18(2,16)17)13-7-5-4-6-12(11)13/h4-7,10,14H,3,8-9H2,1-2H3. The van der Waals surface area contributed by atoms with Crippen molar-refractivity contribution in [2.75, 3.05) is 12.8 Å². The Hall–Kier alpha value is -1.33. The number of hydrogen-bond acceptors (Lipinski definition) is 2. The number of rotatable bonds is 5. The van der Waals surface area contributed by atoms with Crippen LogP contribution in [-0.2, 0) is 23.0 Å². The normalized spacial score (nSPS) is 12.1. The van der Waals surface area contributed by atoms with E-state index in [1.54, 1.807) is 0 Å². The maximum atomic E-state index is 11.0. The third kappa shape index (κ3) is 2.91. The second-order valence-corrected chi connectivity index (χ2v) is 6.22. The topological polar surface area (TPSA) is 51.1 Å². The zero-order valence-electron chi connectivity index (χ0n) is 10.7. The SMILES string of the molecule is CCc1cn(CCNS(C)(=O)=O)c2ccccc12. The Morgan fingerprint density at radius 3 is 2.67 bits per heavy atom. The van der Waals surface area contributed by atoms with Crippen LogP contribution in [-0.4, -0.2) is 25.8 Å². The summed E-state index contributed by atoms with van der Waals surface area (Å²) in [5, 5.41) is 1.25. The van der Waals surface area contributed by atoms with E-state index in [4.69, 9.17) is 0 Å². The minimum absolute atomic E-state index is 0.417. The predicted molar refractivity (Wildman–Crippen MR) is 74.2 cm³/mol. The van der Waals surface area contributed by atoms with Gasteiger partial charge < -0.3 is 4.57 Å². The van der Waals surface area contributed by atoms with Crippen molar-refractivity contribution in [2.45, 2.75) is 19.9 Å². The zero-order valence-corrected chi connectivity index (χ0v) is 11.5. The van der Waals surface area contributed by atoms with E-state index >= 15 is 0 Å². The van der Waals surface area contributed by atoms with Crippen molar-refractivity contribution in [1.29, 1.82) is 0 Å². The van der Waals surface area contributed by atoms with Gasteiger partial charge in [0, 0.05) is 30.2 Å². The Balaban J connectivity index is 2.23. The van der Waals surface area contributed by atoms with Crippen LogP contribution < -0.4 is 4.72 Å². The average molecular weight is 266 g/mol. The highest BCUT2D eigenvalue weighted by Crippen LogP contribution is 2.21. The molecule has 0 saturated heterocycles.